The molecule has 1 amide bonds. The van der Waals surface area contributed by atoms with Crippen LogP contribution in [0.15, 0.2) is 30.6 Å². The topological polar surface area (TPSA) is 79.9 Å². The third kappa shape index (κ3) is 3.39. The average molecular weight is 286 g/mol. The first-order chi connectivity index (χ1) is 10.3. The zero-order valence-corrected chi connectivity index (χ0v) is 11.7. The summed E-state index contributed by atoms with van der Waals surface area (Å²) in [6.45, 7) is 1.09. The van der Waals surface area contributed by atoms with Crippen molar-refractivity contribution in [2.45, 2.75) is 19.3 Å². The lowest BCUT2D eigenvalue weighted by Gasteiger charge is -2.24. The summed E-state index contributed by atoms with van der Waals surface area (Å²) in [5, 5.41) is 9.56. The van der Waals surface area contributed by atoms with Crippen molar-refractivity contribution in [2.24, 2.45) is 5.92 Å². The number of ether oxygens (including phenoxy) is 1. The van der Waals surface area contributed by atoms with E-state index in [1.54, 1.807) is 0 Å². The fourth-order valence-corrected chi connectivity index (χ4v) is 2.46. The van der Waals surface area contributed by atoms with Crippen LogP contribution in [-0.2, 0) is 17.6 Å². The van der Waals surface area contributed by atoms with E-state index in [2.05, 4.69) is 20.5 Å². The highest BCUT2D eigenvalue weighted by atomic mass is 16.5. The Morgan fingerprint density at radius 2 is 2.33 bits per heavy atom. The van der Waals surface area contributed by atoms with Gasteiger partial charge in [-0.15, -0.1) is 0 Å². The summed E-state index contributed by atoms with van der Waals surface area (Å²) in [4.78, 5) is 16.2. The van der Waals surface area contributed by atoms with Crippen LogP contribution < -0.4 is 10.1 Å². The molecule has 0 saturated heterocycles. The summed E-state index contributed by atoms with van der Waals surface area (Å²) >= 11 is 0. The molecule has 6 heteroatoms. The van der Waals surface area contributed by atoms with E-state index in [-0.39, 0.29) is 11.8 Å². The lowest BCUT2D eigenvalue weighted by Crippen LogP contribution is -2.37. The maximum absolute atomic E-state index is 12.1. The molecule has 1 aromatic carbocycles. The number of aryl methyl sites for hydroxylation is 1. The minimum atomic E-state index is -0.106. The summed E-state index contributed by atoms with van der Waals surface area (Å²) in [7, 11) is 0. The van der Waals surface area contributed by atoms with E-state index in [1.165, 1.54) is 6.33 Å². The van der Waals surface area contributed by atoms with Gasteiger partial charge in [0, 0.05) is 13.0 Å². The molecule has 2 aromatic rings. The molecule has 21 heavy (non-hydrogen) atoms. The van der Waals surface area contributed by atoms with Gasteiger partial charge in [-0.2, -0.15) is 5.10 Å². The van der Waals surface area contributed by atoms with Crippen LogP contribution in [0.5, 0.6) is 5.75 Å². The quantitative estimate of drug-likeness (QED) is 0.807. The highest BCUT2D eigenvalue weighted by Gasteiger charge is 2.25. The molecular formula is C15H18N4O2. The third-order valence-electron chi connectivity index (χ3n) is 3.60. The third-order valence-corrected chi connectivity index (χ3v) is 3.60. The van der Waals surface area contributed by atoms with Gasteiger partial charge in [0.1, 0.15) is 24.5 Å². The maximum atomic E-state index is 12.1. The zero-order chi connectivity index (χ0) is 14.5. The molecule has 1 aromatic heterocycles. The van der Waals surface area contributed by atoms with Crippen LogP contribution in [0.25, 0.3) is 0 Å². The average Bonchev–Trinajstić information content (AvgIpc) is 3.04. The lowest BCUT2D eigenvalue weighted by atomic mass is 9.96. The largest absolute Gasteiger partial charge is 0.492 e. The number of carbonyl (C=O) groups is 1. The Morgan fingerprint density at radius 1 is 1.43 bits per heavy atom. The number of para-hydroxylation sites is 1. The Labute approximate surface area is 122 Å². The molecule has 2 N–H and O–H groups in total. The molecular weight excluding hydrogens is 268 g/mol. The monoisotopic (exact) mass is 286 g/mol. The molecule has 0 aliphatic carbocycles. The van der Waals surface area contributed by atoms with Crippen LogP contribution in [0.2, 0.25) is 0 Å². The minimum absolute atomic E-state index is 0.0575. The first-order valence-electron chi connectivity index (χ1n) is 7.15. The number of amides is 1. The number of rotatable bonds is 5. The Hall–Kier alpha value is -2.37. The van der Waals surface area contributed by atoms with Crippen LogP contribution in [0, 0.1) is 5.92 Å². The zero-order valence-electron chi connectivity index (χ0n) is 11.7. The van der Waals surface area contributed by atoms with Crippen LogP contribution in [0.1, 0.15) is 17.8 Å². The Morgan fingerprint density at radius 3 is 3.19 bits per heavy atom. The molecule has 110 valence electrons. The van der Waals surface area contributed by atoms with Gasteiger partial charge in [0.25, 0.3) is 0 Å². The Bertz CT molecular complexity index is 597. The smallest absolute Gasteiger partial charge is 0.226 e. The van der Waals surface area contributed by atoms with Crippen molar-refractivity contribution in [2.75, 3.05) is 13.2 Å². The number of aromatic nitrogens is 3. The first kappa shape index (κ1) is 13.6. The van der Waals surface area contributed by atoms with Gasteiger partial charge in [-0.25, -0.2) is 4.98 Å². The van der Waals surface area contributed by atoms with Crippen molar-refractivity contribution < 1.29 is 9.53 Å². The molecule has 0 bridgehead atoms. The second kappa shape index (κ2) is 6.39. The summed E-state index contributed by atoms with van der Waals surface area (Å²) in [5.74, 6) is 1.69. The fourth-order valence-electron chi connectivity index (χ4n) is 2.46. The number of aromatic amines is 1. The van der Waals surface area contributed by atoms with E-state index in [4.69, 9.17) is 4.74 Å². The van der Waals surface area contributed by atoms with Gasteiger partial charge in [-0.3, -0.25) is 9.89 Å². The van der Waals surface area contributed by atoms with Crippen molar-refractivity contribution in [3.63, 3.8) is 0 Å². The molecule has 6 nitrogen and oxygen atoms in total. The van der Waals surface area contributed by atoms with Crippen LogP contribution in [-0.4, -0.2) is 34.2 Å². The van der Waals surface area contributed by atoms with E-state index >= 15 is 0 Å². The number of H-pyrrole nitrogens is 1. The molecule has 3 rings (SSSR count). The Kier molecular flexibility index (Phi) is 4.14. The number of carbonyl (C=O) groups excluding carboxylic acids is 1. The SMILES string of the molecule is O=C(NCCCc1ncn[nH]1)C1COc2ccccc2C1. The fraction of sp³-hybridized carbons (Fsp3) is 0.400. The van der Waals surface area contributed by atoms with Gasteiger partial charge in [-0.1, -0.05) is 18.2 Å². The summed E-state index contributed by atoms with van der Waals surface area (Å²) in [5.41, 5.74) is 1.10. The summed E-state index contributed by atoms with van der Waals surface area (Å²) in [6.07, 6.45) is 3.85. The van der Waals surface area contributed by atoms with Crippen molar-refractivity contribution in [1.82, 2.24) is 20.5 Å². The van der Waals surface area contributed by atoms with E-state index in [1.807, 2.05) is 24.3 Å². The minimum Gasteiger partial charge on any atom is -0.492 e. The molecule has 1 aliphatic rings. The van der Waals surface area contributed by atoms with Gasteiger partial charge < -0.3 is 10.1 Å². The predicted octanol–water partition coefficient (Wildman–Crippen LogP) is 1.10. The lowest BCUT2D eigenvalue weighted by molar-refractivity contribution is -0.126. The molecule has 1 aliphatic heterocycles. The molecule has 1 unspecified atom stereocenters. The summed E-state index contributed by atoms with van der Waals surface area (Å²) in [6, 6.07) is 7.88. The Balaban J connectivity index is 1.44. The van der Waals surface area contributed by atoms with Crippen molar-refractivity contribution >= 4 is 5.91 Å². The molecule has 0 saturated carbocycles. The number of benzene rings is 1. The molecule has 2 heterocycles. The van der Waals surface area contributed by atoms with Crippen molar-refractivity contribution in [3.8, 4) is 5.75 Å². The van der Waals surface area contributed by atoms with E-state index < -0.39 is 0 Å². The highest BCUT2D eigenvalue weighted by Crippen LogP contribution is 2.26. The second-order valence-corrected chi connectivity index (χ2v) is 5.15. The number of hydrogen-bond acceptors (Lipinski definition) is 4. The molecule has 1 atom stereocenters. The second-order valence-electron chi connectivity index (χ2n) is 5.15. The first-order valence-corrected chi connectivity index (χ1v) is 7.15. The maximum Gasteiger partial charge on any atom is 0.226 e. The normalized spacial score (nSPS) is 16.9. The highest BCUT2D eigenvalue weighted by molar-refractivity contribution is 5.79. The summed E-state index contributed by atoms with van der Waals surface area (Å²) < 4.78 is 5.64. The van der Waals surface area contributed by atoms with Gasteiger partial charge in [0.15, 0.2) is 0 Å². The molecule has 0 spiro atoms. The van der Waals surface area contributed by atoms with Crippen molar-refractivity contribution in [3.05, 3.63) is 42.0 Å². The van der Waals surface area contributed by atoms with E-state index in [9.17, 15) is 4.79 Å². The van der Waals surface area contributed by atoms with E-state index in [0.29, 0.717) is 13.2 Å². The molecule has 0 fully saturated rings. The molecule has 0 radical (unpaired) electrons. The van der Waals surface area contributed by atoms with Crippen LogP contribution in [0.3, 0.4) is 0 Å². The van der Waals surface area contributed by atoms with Crippen molar-refractivity contribution in [1.29, 1.82) is 0 Å². The number of hydrogen-bond donors (Lipinski definition) is 2. The number of fused-ring (bicyclic) bond motifs is 1. The van der Waals surface area contributed by atoms with Gasteiger partial charge in [0.05, 0.1) is 5.92 Å². The van der Waals surface area contributed by atoms with E-state index in [0.717, 1.165) is 36.4 Å². The van der Waals surface area contributed by atoms with Crippen LogP contribution in [0.4, 0.5) is 0 Å². The van der Waals surface area contributed by atoms with Gasteiger partial charge >= 0.3 is 0 Å². The predicted molar refractivity (Wildman–Crippen MR) is 76.8 cm³/mol. The number of nitrogens with one attached hydrogen (secondary N) is 2. The van der Waals surface area contributed by atoms with Gasteiger partial charge in [-0.05, 0) is 24.5 Å². The number of nitrogens with zero attached hydrogens (tertiary/aromatic N) is 2. The standard InChI is InChI=1S/C15H18N4O2/c20-15(16-7-3-6-14-17-10-18-19-14)12-8-11-4-1-2-5-13(11)21-9-12/h1-2,4-5,10,12H,3,6-9H2,(H,16,20)(H,17,18,19). The van der Waals surface area contributed by atoms with Gasteiger partial charge in [0.2, 0.25) is 5.91 Å². The van der Waals surface area contributed by atoms with Crippen LogP contribution >= 0.6 is 0 Å².